The Balaban J connectivity index is 2.70. The molecule has 0 spiro atoms. The van der Waals surface area contributed by atoms with E-state index >= 15 is 0 Å². The molecular weight excluding hydrogens is 214 g/mol. The van der Waals surface area contributed by atoms with E-state index in [1.807, 2.05) is 32.0 Å². The first kappa shape index (κ1) is 10.3. The molecule has 1 atom stereocenters. The molecule has 1 unspecified atom stereocenters. The van der Waals surface area contributed by atoms with E-state index in [0.29, 0.717) is 12.1 Å². The van der Waals surface area contributed by atoms with E-state index in [1.165, 1.54) is 0 Å². The molecule has 0 amide bonds. The van der Waals surface area contributed by atoms with Crippen LogP contribution in [0.1, 0.15) is 24.8 Å². The van der Waals surface area contributed by atoms with Crippen molar-refractivity contribution in [2.45, 2.75) is 25.8 Å². The number of rotatable bonds is 2. The average molecular weight is 226 g/mol. The largest absolute Gasteiger partial charge is 0.419 e. The molecule has 0 radical (unpaired) electrons. The van der Waals surface area contributed by atoms with Crippen LogP contribution in [0.5, 0.6) is 0 Å². The molecule has 0 saturated carbocycles. The monoisotopic (exact) mass is 225 g/mol. The molecule has 0 aliphatic carbocycles. The maximum absolute atomic E-state index is 11.4. The molecule has 3 nitrogen and oxygen atoms in total. The fourth-order valence-electron chi connectivity index (χ4n) is 1.63. The maximum atomic E-state index is 11.4. The molecule has 1 aromatic carbocycles. The summed E-state index contributed by atoms with van der Waals surface area (Å²) < 4.78 is 6.72. The second-order valence-electron chi connectivity index (χ2n) is 3.46. The maximum Gasteiger partial charge on any atom is 0.419 e. The van der Waals surface area contributed by atoms with Crippen LogP contribution < -0.4 is 5.76 Å². The third kappa shape index (κ3) is 1.67. The van der Waals surface area contributed by atoms with Crippen molar-refractivity contribution in [3.8, 4) is 0 Å². The smallest absolute Gasteiger partial charge is 0.408 e. The lowest BCUT2D eigenvalue weighted by atomic mass is 10.1. The van der Waals surface area contributed by atoms with Gasteiger partial charge in [-0.05, 0) is 31.5 Å². The summed E-state index contributed by atoms with van der Waals surface area (Å²) in [6.07, 6.45) is 0. The van der Waals surface area contributed by atoms with Crippen molar-refractivity contribution in [2.75, 3.05) is 0 Å². The van der Waals surface area contributed by atoms with Crippen molar-refractivity contribution in [3.63, 3.8) is 0 Å². The molecule has 2 rings (SSSR count). The number of benzene rings is 1. The Morgan fingerprint density at radius 3 is 2.87 bits per heavy atom. The predicted molar refractivity (Wildman–Crippen MR) is 60.4 cm³/mol. The van der Waals surface area contributed by atoms with Crippen LogP contribution in [0.2, 0.25) is 0 Å². The molecule has 0 bridgehead atoms. The molecule has 0 saturated heterocycles. The Morgan fingerprint density at radius 1 is 1.53 bits per heavy atom. The zero-order valence-corrected chi connectivity index (χ0v) is 9.41. The van der Waals surface area contributed by atoms with Gasteiger partial charge in [0.25, 0.3) is 0 Å². The van der Waals surface area contributed by atoms with Gasteiger partial charge in [0.2, 0.25) is 0 Å². The molecule has 4 heteroatoms. The van der Waals surface area contributed by atoms with E-state index in [1.54, 1.807) is 4.57 Å². The Kier molecular flexibility index (Phi) is 2.57. The van der Waals surface area contributed by atoms with E-state index in [0.717, 1.165) is 11.1 Å². The summed E-state index contributed by atoms with van der Waals surface area (Å²) in [7, 11) is 0. The lowest BCUT2D eigenvalue weighted by Crippen LogP contribution is -2.11. The normalized spacial score (nSPS) is 13.3. The summed E-state index contributed by atoms with van der Waals surface area (Å²) >= 11 is 5.96. The Hall–Kier alpha value is -1.22. The molecular formula is C11H12ClNO2. The molecule has 80 valence electrons. The van der Waals surface area contributed by atoms with Gasteiger partial charge in [0.05, 0.1) is 10.9 Å². The van der Waals surface area contributed by atoms with Gasteiger partial charge in [0.1, 0.15) is 0 Å². The molecule has 1 heterocycles. The van der Waals surface area contributed by atoms with Crippen LogP contribution in [-0.4, -0.2) is 4.57 Å². The molecule has 1 aromatic heterocycles. The number of fused-ring (bicyclic) bond motifs is 1. The van der Waals surface area contributed by atoms with Gasteiger partial charge in [0, 0.05) is 6.54 Å². The van der Waals surface area contributed by atoms with Gasteiger partial charge in [-0.3, -0.25) is 4.57 Å². The van der Waals surface area contributed by atoms with Gasteiger partial charge in [0.15, 0.2) is 5.58 Å². The van der Waals surface area contributed by atoms with Crippen LogP contribution in [0.15, 0.2) is 27.4 Å². The Bertz CT molecular complexity index is 539. The predicted octanol–water partition coefficient (Wildman–Crippen LogP) is 2.91. The number of aromatic nitrogens is 1. The zero-order chi connectivity index (χ0) is 11.0. The summed E-state index contributed by atoms with van der Waals surface area (Å²) in [5.74, 6) is -0.313. The minimum absolute atomic E-state index is 0.0790. The van der Waals surface area contributed by atoms with Crippen LogP contribution in [0.4, 0.5) is 0 Å². The fraction of sp³-hybridized carbons (Fsp3) is 0.364. The van der Waals surface area contributed by atoms with Gasteiger partial charge >= 0.3 is 5.76 Å². The van der Waals surface area contributed by atoms with E-state index in [4.69, 9.17) is 16.0 Å². The van der Waals surface area contributed by atoms with Crippen molar-refractivity contribution in [3.05, 3.63) is 34.3 Å². The molecule has 0 aliphatic rings. The third-order valence-corrected chi connectivity index (χ3v) is 2.72. The van der Waals surface area contributed by atoms with Crippen molar-refractivity contribution in [1.29, 1.82) is 0 Å². The van der Waals surface area contributed by atoms with Crippen molar-refractivity contribution in [2.24, 2.45) is 0 Å². The van der Waals surface area contributed by atoms with Crippen molar-refractivity contribution < 1.29 is 4.42 Å². The molecule has 0 fully saturated rings. The van der Waals surface area contributed by atoms with Crippen molar-refractivity contribution >= 4 is 22.7 Å². The summed E-state index contributed by atoms with van der Waals surface area (Å²) in [4.78, 5) is 11.4. The summed E-state index contributed by atoms with van der Waals surface area (Å²) in [6.45, 7) is 4.41. The first-order valence-electron chi connectivity index (χ1n) is 4.91. The summed E-state index contributed by atoms with van der Waals surface area (Å²) in [6, 6.07) is 5.61. The van der Waals surface area contributed by atoms with E-state index in [2.05, 4.69) is 0 Å². The summed E-state index contributed by atoms with van der Waals surface area (Å²) in [5.41, 5.74) is 2.39. The summed E-state index contributed by atoms with van der Waals surface area (Å²) in [5, 5.41) is -0.0790. The van der Waals surface area contributed by atoms with Crippen LogP contribution in [0, 0.1) is 0 Å². The highest BCUT2D eigenvalue weighted by molar-refractivity contribution is 6.20. The molecule has 2 aromatic rings. The SMILES string of the molecule is CCn1c(=O)oc2cc(C(C)Cl)ccc21. The zero-order valence-electron chi connectivity index (χ0n) is 8.66. The molecule has 0 aliphatic heterocycles. The third-order valence-electron chi connectivity index (χ3n) is 2.47. The highest BCUT2D eigenvalue weighted by Crippen LogP contribution is 2.23. The lowest BCUT2D eigenvalue weighted by Gasteiger charge is -2.02. The first-order valence-corrected chi connectivity index (χ1v) is 5.34. The number of hydrogen-bond acceptors (Lipinski definition) is 2. The van der Waals surface area contributed by atoms with Gasteiger partial charge in [-0.1, -0.05) is 6.07 Å². The second-order valence-corrected chi connectivity index (χ2v) is 4.11. The minimum atomic E-state index is -0.313. The Labute approximate surface area is 92.3 Å². The van der Waals surface area contributed by atoms with Crippen LogP contribution in [0.25, 0.3) is 11.1 Å². The average Bonchev–Trinajstić information content (AvgIpc) is 2.51. The van der Waals surface area contributed by atoms with Crippen LogP contribution in [-0.2, 0) is 6.54 Å². The number of halogens is 1. The standard InChI is InChI=1S/C11H12ClNO2/c1-3-13-9-5-4-8(7(2)12)6-10(9)15-11(13)14/h4-7H,3H2,1-2H3. The Morgan fingerprint density at radius 2 is 2.27 bits per heavy atom. The van der Waals surface area contributed by atoms with E-state index < -0.39 is 0 Å². The van der Waals surface area contributed by atoms with Gasteiger partial charge in [-0.15, -0.1) is 11.6 Å². The number of nitrogens with zero attached hydrogens (tertiary/aromatic N) is 1. The highest BCUT2D eigenvalue weighted by Gasteiger charge is 2.09. The van der Waals surface area contributed by atoms with Gasteiger partial charge < -0.3 is 4.42 Å². The number of aryl methyl sites for hydroxylation is 1. The second kappa shape index (κ2) is 3.74. The van der Waals surface area contributed by atoms with Gasteiger partial charge in [-0.25, -0.2) is 4.79 Å². The van der Waals surface area contributed by atoms with Crippen LogP contribution in [0.3, 0.4) is 0 Å². The quantitative estimate of drug-likeness (QED) is 0.737. The van der Waals surface area contributed by atoms with Crippen molar-refractivity contribution in [1.82, 2.24) is 4.57 Å². The number of alkyl halides is 1. The number of oxazole rings is 1. The molecule has 15 heavy (non-hydrogen) atoms. The van der Waals surface area contributed by atoms with E-state index in [-0.39, 0.29) is 11.1 Å². The van der Waals surface area contributed by atoms with Gasteiger partial charge in [-0.2, -0.15) is 0 Å². The topological polar surface area (TPSA) is 35.1 Å². The van der Waals surface area contributed by atoms with Crippen LogP contribution >= 0.6 is 11.6 Å². The highest BCUT2D eigenvalue weighted by atomic mass is 35.5. The minimum Gasteiger partial charge on any atom is -0.408 e. The fourth-order valence-corrected chi connectivity index (χ4v) is 1.77. The van der Waals surface area contributed by atoms with E-state index in [9.17, 15) is 4.79 Å². The lowest BCUT2D eigenvalue weighted by molar-refractivity contribution is 0.513. The number of hydrogen-bond donors (Lipinski definition) is 0. The molecule has 0 N–H and O–H groups in total. The first-order chi connectivity index (χ1) is 7.13.